The molecule has 29 heavy (non-hydrogen) atoms. The number of rotatable bonds is 4. The molecular weight excluding hydrogens is 390 g/mol. The van der Waals surface area contributed by atoms with Crippen molar-refractivity contribution in [2.45, 2.75) is 24.7 Å². The molecule has 0 radical (unpaired) electrons. The molecular formula is C21H20N3O4S-. The van der Waals surface area contributed by atoms with Crippen LogP contribution in [0.1, 0.15) is 30.1 Å². The predicted molar refractivity (Wildman–Crippen MR) is 106 cm³/mol. The third kappa shape index (κ3) is 3.73. The van der Waals surface area contributed by atoms with E-state index in [0.29, 0.717) is 35.8 Å². The van der Waals surface area contributed by atoms with Gasteiger partial charge in [-0.3, -0.25) is 4.98 Å². The third-order valence-corrected chi connectivity index (χ3v) is 7.23. The van der Waals surface area contributed by atoms with Crippen LogP contribution in [0.25, 0.3) is 22.2 Å². The molecule has 0 spiro atoms. The Hall–Kier alpha value is -2.84. The van der Waals surface area contributed by atoms with Crippen LogP contribution in [0.3, 0.4) is 0 Å². The summed E-state index contributed by atoms with van der Waals surface area (Å²) in [6.07, 6.45) is 4.83. The van der Waals surface area contributed by atoms with Crippen LogP contribution in [-0.4, -0.2) is 41.7 Å². The summed E-state index contributed by atoms with van der Waals surface area (Å²) in [5, 5.41) is 12.0. The summed E-state index contributed by atoms with van der Waals surface area (Å²) in [6, 6.07) is 9.31. The summed E-state index contributed by atoms with van der Waals surface area (Å²) in [5.74, 6) is -0.887. The van der Waals surface area contributed by atoms with Gasteiger partial charge in [-0.2, -0.15) is 4.31 Å². The number of aromatic nitrogens is 2. The van der Waals surface area contributed by atoms with Gasteiger partial charge in [-0.25, -0.2) is 13.4 Å². The summed E-state index contributed by atoms with van der Waals surface area (Å²) >= 11 is 0. The fourth-order valence-electron chi connectivity index (χ4n) is 3.57. The largest absolute Gasteiger partial charge is 0.545 e. The molecule has 1 aliphatic heterocycles. The Bertz CT molecular complexity index is 1170. The molecule has 0 unspecified atom stereocenters. The van der Waals surface area contributed by atoms with E-state index in [1.807, 2.05) is 0 Å². The highest BCUT2D eigenvalue weighted by atomic mass is 32.2. The number of nitrogens with zero attached hydrogens (tertiary/aromatic N) is 3. The van der Waals surface area contributed by atoms with Crippen molar-refractivity contribution in [2.75, 3.05) is 13.1 Å². The third-order valence-electron chi connectivity index (χ3n) is 5.34. The van der Waals surface area contributed by atoms with Gasteiger partial charge in [0.15, 0.2) is 0 Å². The average molecular weight is 410 g/mol. The first-order chi connectivity index (χ1) is 13.9. The summed E-state index contributed by atoms with van der Waals surface area (Å²) in [6.45, 7) is 3.04. The van der Waals surface area contributed by atoms with Gasteiger partial charge in [0.2, 0.25) is 10.0 Å². The van der Waals surface area contributed by atoms with Crippen LogP contribution in [0.4, 0.5) is 0 Å². The van der Waals surface area contributed by atoms with Gasteiger partial charge in [0.25, 0.3) is 0 Å². The average Bonchev–Trinajstić information content (AvgIpc) is 2.73. The van der Waals surface area contributed by atoms with Crippen LogP contribution < -0.4 is 5.11 Å². The first-order valence-electron chi connectivity index (χ1n) is 9.43. The van der Waals surface area contributed by atoms with Gasteiger partial charge < -0.3 is 9.90 Å². The molecule has 3 aromatic rings. The van der Waals surface area contributed by atoms with Crippen LogP contribution in [0.2, 0.25) is 0 Å². The Balaban J connectivity index is 1.81. The number of carboxylic acids is 1. The van der Waals surface area contributed by atoms with E-state index in [-0.39, 0.29) is 15.8 Å². The number of hydrogen-bond donors (Lipinski definition) is 0. The highest BCUT2D eigenvalue weighted by Crippen LogP contribution is 2.29. The van der Waals surface area contributed by atoms with Crippen LogP contribution in [0.5, 0.6) is 0 Å². The van der Waals surface area contributed by atoms with E-state index in [2.05, 4.69) is 16.9 Å². The quantitative estimate of drug-likeness (QED) is 0.652. The Labute approximate surface area is 169 Å². The summed E-state index contributed by atoms with van der Waals surface area (Å²) < 4.78 is 27.5. The first-order valence-corrected chi connectivity index (χ1v) is 10.9. The van der Waals surface area contributed by atoms with Crippen molar-refractivity contribution >= 4 is 26.9 Å². The minimum atomic E-state index is -3.70. The standard InChI is InChI=1S/C21H21N3O4S/c1-14-6-9-24(10-7-14)29(27,28)16-4-5-19-17(11-16)18(21(25)26)12-20(23-19)15-3-2-8-22-13-15/h2-5,8,11-14H,6-7,9-10H2,1H3,(H,25,26)/p-1. The van der Waals surface area contributed by atoms with Crippen LogP contribution in [-0.2, 0) is 10.0 Å². The molecule has 3 heterocycles. The molecule has 7 nitrogen and oxygen atoms in total. The molecule has 1 saturated heterocycles. The number of piperidine rings is 1. The summed E-state index contributed by atoms with van der Waals surface area (Å²) in [4.78, 5) is 20.4. The van der Waals surface area contributed by atoms with Gasteiger partial charge in [-0.05, 0) is 55.2 Å². The fourth-order valence-corrected chi connectivity index (χ4v) is 5.07. The highest BCUT2D eigenvalue weighted by Gasteiger charge is 2.28. The lowest BCUT2D eigenvalue weighted by Gasteiger charge is -2.29. The Morgan fingerprint density at radius 2 is 1.93 bits per heavy atom. The number of pyridine rings is 2. The van der Waals surface area contributed by atoms with E-state index in [0.717, 1.165) is 12.8 Å². The first kappa shape index (κ1) is 19.5. The summed E-state index contributed by atoms with van der Waals surface area (Å²) in [5.41, 5.74) is 1.39. The molecule has 150 valence electrons. The molecule has 8 heteroatoms. The number of hydrogen-bond acceptors (Lipinski definition) is 6. The number of carbonyl (C=O) groups is 1. The number of carboxylic acid groups (broad SMARTS) is 1. The molecule has 1 aliphatic rings. The number of fused-ring (bicyclic) bond motifs is 1. The maximum atomic E-state index is 13.0. The van der Waals surface area contributed by atoms with Crippen LogP contribution in [0.15, 0.2) is 53.7 Å². The van der Waals surface area contributed by atoms with Crippen molar-refractivity contribution in [2.24, 2.45) is 5.92 Å². The van der Waals surface area contributed by atoms with Crippen LogP contribution >= 0.6 is 0 Å². The molecule has 0 amide bonds. The SMILES string of the molecule is CC1CCN(S(=O)(=O)c2ccc3nc(-c4cccnc4)cc(C(=O)[O-])c3c2)CC1. The van der Waals surface area contributed by atoms with Crippen molar-refractivity contribution < 1.29 is 18.3 Å². The van der Waals surface area contributed by atoms with E-state index in [1.54, 1.807) is 30.6 Å². The molecule has 4 rings (SSSR count). The normalized spacial score (nSPS) is 16.2. The smallest absolute Gasteiger partial charge is 0.243 e. The number of carbonyl (C=O) groups excluding carboxylic acids is 1. The zero-order valence-corrected chi connectivity index (χ0v) is 16.7. The Morgan fingerprint density at radius 1 is 1.17 bits per heavy atom. The topological polar surface area (TPSA) is 103 Å². The second kappa shape index (κ2) is 7.53. The zero-order chi connectivity index (χ0) is 20.6. The van der Waals surface area contributed by atoms with Crippen molar-refractivity contribution in [3.05, 3.63) is 54.4 Å². The maximum absolute atomic E-state index is 13.0. The lowest BCUT2D eigenvalue weighted by atomic mass is 10.0. The van der Waals surface area contributed by atoms with E-state index < -0.39 is 16.0 Å². The number of sulfonamides is 1. The van der Waals surface area contributed by atoms with Gasteiger partial charge >= 0.3 is 0 Å². The van der Waals surface area contributed by atoms with E-state index in [1.165, 1.54) is 22.5 Å². The second-order valence-corrected chi connectivity index (χ2v) is 9.29. The Kier molecular flexibility index (Phi) is 5.06. The van der Waals surface area contributed by atoms with Crippen molar-refractivity contribution in [1.29, 1.82) is 0 Å². The minimum Gasteiger partial charge on any atom is -0.545 e. The molecule has 0 bridgehead atoms. The van der Waals surface area contributed by atoms with Crippen molar-refractivity contribution in [3.63, 3.8) is 0 Å². The molecule has 1 aromatic carbocycles. The lowest BCUT2D eigenvalue weighted by molar-refractivity contribution is -0.254. The van der Waals surface area contributed by atoms with E-state index in [4.69, 9.17) is 0 Å². The molecule has 1 fully saturated rings. The molecule has 0 N–H and O–H groups in total. The van der Waals surface area contributed by atoms with Gasteiger partial charge in [0, 0.05) is 42.0 Å². The van der Waals surface area contributed by atoms with Gasteiger partial charge in [-0.1, -0.05) is 6.92 Å². The molecule has 2 aromatic heterocycles. The molecule has 0 saturated carbocycles. The second-order valence-electron chi connectivity index (χ2n) is 7.35. The minimum absolute atomic E-state index is 0.0676. The molecule has 0 atom stereocenters. The number of benzene rings is 1. The van der Waals surface area contributed by atoms with Gasteiger partial charge in [-0.15, -0.1) is 0 Å². The lowest BCUT2D eigenvalue weighted by Crippen LogP contribution is -2.37. The predicted octanol–water partition coefficient (Wildman–Crippen LogP) is 2.08. The summed E-state index contributed by atoms with van der Waals surface area (Å²) in [7, 11) is -3.70. The Morgan fingerprint density at radius 3 is 2.59 bits per heavy atom. The van der Waals surface area contributed by atoms with Crippen LogP contribution in [0, 0.1) is 5.92 Å². The number of aromatic carboxylic acids is 1. The van der Waals surface area contributed by atoms with Crippen molar-refractivity contribution in [1.82, 2.24) is 14.3 Å². The van der Waals surface area contributed by atoms with E-state index in [9.17, 15) is 18.3 Å². The zero-order valence-electron chi connectivity index (χ0n) is 15.9. The molecule has 0 aliphatic carbocycles. The fraction of sp³-hybridized carbons (Fsp3) is 0.286. The van der Waals surface area contributed by atoms with E-state index >= 15 is 0 Å². The van der Waals surface area contributed by atoms with Gasteiger partial charge in [0.05, 0.1) is 22.1 Å². The monoisotopic (exact) mass is 410 g/mol. The van der Waals surface area contributed by atoms with Crippen molar-refractivity contribution in [3.8, 4) is 11.3 Å². The van der Waals surface area contributed by atoms with Gasteiger partial charge in [0.1, 0.15) is 0 Å². The highest BCUT2D eigenvalue weighted by molar-refractivity contribution is 7.89. The maximum Gasteiger partial charge on any atom is 0.243 e.